The maximum absolute atomic E-state index is 5.94. The molecule has 0 amide bonds. The molecule has 2 aromatic rings. The molecule has 0 saturated heterocycles. The molecule has 0 bridgehead atoms. The van der Waals surface area contributed by atoms with Crippen molar-refractivity contribution in [2.24, 2.45) is 0 Å². The van der Waals surface area contributed by atoms with Crippen molar-refractivity contribution in [3.63, 3.8) is 0 Å². The van der Waals surface area contributed by atoms with Gasteiger partial charge >= 0.3 is 0 Å². The predicted molar refractivity (Wildman–Crippen MR) is 62.0 cm³/mol. The van der Waals surface area contributed by atoms with E-state index in [1.807, 2.05) is 19.1 Å². The van der Waals surface area contributed by atoms with Gasteiger partial charge < -0.3 is 0 Å². The highest BCUT2D eigenvalue weighted by Gasteiger charge is 2.08. The average Bonchev–Trinajstić information content (AvgIpc) is 2.12. The fraction of sp³-hybridized carbons (Fsp3) is 0.111. The van der Waals surface area contributed by atoms with Gasteiger partial charge in [-0.3, -0.25) is 0 Å². The lowest BCUT2D eigenvalue weighted by atomic mass is 10.1. The molecule has 0 N–H and O–H groups in total. The summed E-state index contributed by atoms with van der Waals surface area (Å²) in [6, 6.07) is 3.78. The largest absolute Gasteiger partial charge is 0.224 e. The second-order valence-electron chi connectivity index (χ2n) is 2.85. The minimum absolute atomic E-state index is 0.170. The molecule has 0 aliphatic carbocycles. The molecule has 5 heteroatoms. The van der Waals surface area contributed by atoms with Gasteiger partial charge in [0.15, 0.2) is 0 Å². The molecule has 0 aliphatic heterocycles. The van der Waals surface area contributed by atoms with E-state index in [1.165, 1.54) is 0 Å². The van der Waals surface area contributed by atoms with E-state index in [1.54, 1.807) is 0 Å². The number of benzene rings is 1. The van der Waals surface area contributed by atoms with Crippen LogP contribution in [0.3, 0.4) is 0 Å². The van der Waals surface area contributed by atoms with E-state index in [9.17, 15) is 0 Å². The first kappa shape index (κ1) is 10.1. The first-order valence-corrected chi connectivity index (χ1v) is 5.42. The Bertz CT molecular complexity index is 514. The predicted octanol–water partition coefficient (Wildman–Crippen LogP) is 4.01. The van der Waals surface area contributed by atoms with Gasteiger partial charge in [0.25, 0.3) is 0 Å². The summed E-state index contributed by atoms with van der Waals surface area (Å²) in [5.74, 6) is 0. The minimum Gasteiger partial charge on any atom is -0.217 e. The van der Waals surface area contributed by atoms with Crippen LogP contribution in [0.5, 0.6) is 0 Å². The zero-order chi connectivity index (χ0) is 10.3. The van der Waals surface area contributed by atoms with Crippen LogP contribution in [0.2, 0.25) is 10.4 Å². The van der Waals surface area contributed by atoms with Crippen molar-refractivity contribution in [2.75, 3.05) is 0 Å². The van der Waals surface area contributed by atoms with Crippen molar-refractivity contribution in [3.8, 4) is 0 Å². The fourth-order valence-electron chi connectivity index (χ4n) is 1.24. The SMILES string of the molecule is Cc1c(Br)ccc2c(Cl)nc(Cl)nc12. The van der Waals surface area contributed by atoms with Crippen LogP contribution in [-0.4, -0.2) is 9.97 Å². The number of nitrogens with zero attached hydrogens (tertiary/aromatic N) is 2. The molecule has 0 fully saturated rings. The van der Waals surface area contributed by atoms with Crippen LogP contribution in [0.4, 0.5) is 0 Å². The van der Waals surface area contributed by atoms with Gasteiger partial charge in [0.2, 0.25) is 5.28 Å². The smallest absolute Gasteiger partial charge is 0.217 e. The lowest BCUT2D eigenvalue weighted by Crippen LogP contribution is -1.90. The van der Waals surface area contributed by atoms with Gasteiger partial charge in [-0.05, 0) is 36.2 Å². The number of aromatic nitrogens is 2. The number of halogens is 3. The third-order valence-electron chi connectivity index (χ3n) is 1.98. The van der Waals surface area contributed by atoms with Gasteiger partial charge in [0, 0.05) is 9.86 Å². The minimum atomic E-state index is 0.170. The first-order valence-electron chi connectivity index (χ1n) is 3.87. The quantitative estimate of drug-likeness (QED) is 0.541. The summed E-state index contributed by atoms with van der Waals surface area (Å²) in [5.41, 5.74) is 1.79. The van der Waals surface area contributed by atoms with Crippen LogP contribution in [-0.2, 0) is 0 Å². The molecular formula is C9H5BrCl2N2. The molecule has 14 heavy (non-hydrogen) atoms. The standard InChI is InChI=1S/C9H5BrCl2N2/c1-4-6(10)3-2-5-7(4)13-9(12)14-8(5)11/h2-3H,1H3. The molecular weight excluding hydrogens is 287 g/mol. The maximum Gasteiger partial charge on any atom is 0.224 e. The van der Waals surface area contributed by atoms with E-state index in [4.69, 9.17) is 23.2 Å². The van der Waals surface area contributed by atoms with E-state index in [2.05, 4.69) is 25.9 Å². The van der Waals surface area contributed by atoms with E-state index in [0.29, 0.717) is 5.15 Å². The summed E-state index contributed by atoms with van der Waals surface area (Å²) in [4.78, 5) is 8.01. The van der Waals surface area contributed by atoms with E-state index >= 15 is 0 Å². The van der Waals surface area contributed by atoms with Crippen molar-refractivity contribution in [1.29, 1.82) is 0 Å². The number of fused-ring (bicyclic) bond motifs is 1. The van der Waals surface area contributed by atoms with Crippen LogP contribution >= 0.6 is 39.1 Å². The fourth-order valence-corrected chi connectivity index (χ4v) is 2.01. The molecule has 0 saturated carbocycles. The molecule has 2 rings (SSSR count). The number of aryl methyl sites for hydroxylation is 1. The number of rotatable bonds is 0. The third-order valence-corrected chi connectivity index (χ3v) is 3.30. The zero-order valence-electron chi connectivity index (χ0n) is 7.18. The Morgan fingerprint density at radius 1 is 1.21 bits per heavy atom. The van der Waals surface area contributed by atoms with Crippen molar-refractivity contribution in [1.82, 2.24) is 9.97 Å². The molecule has 0 spiro atoms. The summed E-state index contributed by atoms with van der Waals surface area (Å²) in [6.45, 7) is 1.95. The van der Waals surface area contributed by atoms with Gasteiger partial charge in [0.1, 0.15) is 5.15 Å². The molecule has 1 heterocycles. The normalized spacial score (nSPS) is 10.9. The molecule has 72 valence electrons. The van der Waals surface area contributed by atoms with Crippen LogP contribution in [0.25, 0.3) is 10.9 Å². The van der Waals surface area contributed by atoms with Gasteiger partial charge in [0.05, 0.1) is 5.52 Å². The average molecular weight is 292 g/mol. The second-order valence-corrected chi connectivity index (χ2v) is 4.40. The second kappa shape index (κ2) is 3.65. The molecule has 1 aromatic heterocycles. The molecule has 0 aliphatic rings. The first-order chi connectivity index (χ1) is 6.59. The van der Waals surface area contributed by atoms with E-state index < -0.39 is 0 Å². The third kappa shape index (κ3) is 1.60. The summed E-state index contributed by atoms with van der Waals surface area (Å²) in [6.07, 6.45) is 0. The Morgan fingerprint density at radius 3 is 2.64 bits per heavy atom. The lowest BCUT2D eigenvalue weighted by molar-refractivity contribution is 1.21. The summed E-state index contributed by atoms with van der Waals surface area (Å²) >= 11 is 15.1. The van der Waals surface area contributed by atoms with Crippen LogP contribution in [0, 0.1) is 6.92 Å². The van der Waals surface area contributed by atoms with Crippen molar-refractivity contribution in [2.45, 2.75) is 6.92 Å². The highest BCUT2D eigenvalue weighted by Crippen LogP contribution is 2.28. The topological polar surface area (TPSA) is 25.8 Å². The lowest BCUT2D eigenvalue weighted by Gasteiger charge is -2.04. The Hall–Kier alpha value is -0.380. The maximum atomic E-state index is 5.94. The van der Waals surface area contributed by atoms with Crippen LogP contribution in [0.15, 0.2) is 16.6 Å². The molecule has 2 nitrogen and oxygen atoms in total. The Kier molecular flexibility index (Phi) is 2.64. The molecule has 0 atom stereocenters. The van der Waals surface area contributed by atoms with E-state index in [0.717, 1.165) is 20.9 Å². The molecule has 0 radical (unpaired) electrons. The number of hydrogen-bond acceptors (Lipinski definition) is 2. The van der Waals surface area contributed by atoms with Gasteiger partial charge in [-0.25, -0.2) is 9.97 Å². The highest BCUT2D eigenvalue weighted by molar-refractivity contribution is 9.10. The molecule has 0 unspecified atom stereocenters. The Morgan fingerprint density at radius 2 is 1.93 bits per heavy atom. The summed E-state index contributed by atoms with van der Waals surface area (Å²) in [5, 5.41) is 1.37. The summed E-state index contributed by atoms with van der Waals surface area (Å²) < 4.78 is 0.982. The Labute approximate surface area is 99.4 Å². The van der Waals surface area contributed by atoms with Crippen molar-refractivity contribution < 1.29 is 0 Å². The van der Waals surface area contributed by atoms with Crippen molar-refractivity contribution in [3.05, 3.63) is 32.6 Å². The van der Waals surface area contributed by atoms with Crippen LogP contribution in [0.1, 0.15) is 5.56 Å². The zero-order valence-corrected chi connectivity index (χ0v) is 10.3. The highest BCUT2D eigenvalue weighted by atomic mass is 79.9. The Balaban J connectivity index is 2.95. The molecule has 1 aromatic carbocycles. The van der Waals surface area contributed by atoms with Gasteiger partial charge in [-0.2, -0.15) is 0 Å². The number of hydrogen-bond donors (Lipinski definition) is 0. The monoisotopic (exact) mass is 290 g/mol. The van der Waals surface area contributed by atoms with E-state index in [-0.39, 0.29) is 5.28 Å². The van der Waals surface area contributed by atoms with Gasteiger partial charge in [-0.15, -0.1) is 0 Å². The van der Waals surface area contributed by atoms with Crippen LogP contribution < -0.4 is 0 Å². The van der Waals surface area contributed by atoms with Crippen molar-refractivity contribution >= 4 is 50.0 Å². The summed E-state index contributed by atoms with van der Waals surface area (Å²) in [7, 11) is 0. The van der Waals surface area contributed by atoms with Gasteiger partial charge in [-0.1, -0.05) is 27.5 Å².